The molecule has 0 fully saturated rings. The van der Waals surface area contributed by atoms with Crippen LogP contribution in [-0.4, -0.2) is 9.55 Å². The number of nitrogens with zero attached hydrogens (tertiary/aromatic N) is 2. The molecular weight excluding hydrogens is 241 g/mol. The monoisotopic (exact) mass is 255 g/mol. The summed E-state index contributed by atoms with van der Waals surface area (Å²) in [5.74, 6) is 0.628. The molecule has 4 heteroatoms. The van der Waals surface area contributed by atoms with Crippen LogP contribution in [0.1, 0.15) is 11.4 Å². The van der Waals surface area contributed by atoms with Gasteiger partial charge < -0.3 is 5.73 Å². The van der Waals surface area contributed by atoms with E-state index in [0.29, 0.717) is 5.69 Å². The second kappa shape index (κ2) is 4.09. The zero-order chi connectivity index (χ0) is 13.6. The Bertz CT molecular complexity index is 774. The van der Waals surface area contributed by atoms with E-state index in [9.17, 15) is 4.39 Å². The summed E-state index contributed by atoms with van der Waals surface area (Å²) < 4.78 is 15.2. The minimum Gasteiger partial charge on any atom is -0.399 e. The molecule has 0 unspecified atom stereocenters. The van der Waals surface area contributed by atoms with Crippen LogP contribution < -0.4 is 5.73 Å². The van der Waals surface area contributed by atoms with Crippen LogP contribution >= 0.6 is 0 Å². The number of benzene rings is 2. The Morgan fingerprint density at radius 1 is 1.11 bits per heavy atom. The van der Waals surface area contributed by atoms with Crippen LogP contribution in [0.3, 0.4) is 0 Å². The summed E-state index contributed by atoms with van der Waals surface area (Å²) in [6, 6.07) is 10.4. The highest BCUT2D eigenvalue weighted by Crippen LogP contribution is 2.25. The average Bonchev–Trinajstić information content (AvgIpc) is 2.65. The van der Waals surface area contributed by atoms with E-state index in [-0.39, 0.29) is 5.82 Å². The summed E-state index contributed by atoms with van der Waals surface area (Å²) in [6.45, 7) is 3.82. The van der Waals surface area contributed by atoms with Crippen molar-refractivity contribution in [3.05, 3.63) is 53.6 Å². The van der Waals surface area contributed by atoms with E-state index in [1.165, 1.54) is 12.1 Å². The maximum atomic E-state index is 13.2. The molecule has 0 saturated carbocycles. The highest BCUT2D eigenvalue weighted by molar-refractivity contribution is 5.81. The number of aryl methyl sites for hydroxylation is 2. The van der Waals surface area contributed by atoms with Crippen LogP contribution in [-0.2, 0) is 0 Å². The predicted molar refractivity (Wildman–Crippen MR) is 74.9 cm³/mol. The van der Waals surface area contributed by atoms with Crippen LogP contribution in [0.2, 0.25) is 0 Å². The molecule has 1 heterocycles. The molecule has 0 amide bonds. The van der Waals surface area contributed by atoms with Crippen LogP contribution in [0.15, 0.2) is 36.4 Å². The Labute approximate surface area is 110 Å². The van der Waals surface area contributed by atoms with Gasteiger partial charge in [-0.25, -0.2) is 9.37 Å². The van der Waals surface area contributed by atoms with Crippen molar-refractivity contribution in [1.29, 1.82) is 0 Å². The summed E-state index contributed by atoms with van der Waals surface area (Å²) in [5.41, 5.74) is 10.1. The molecule has 0 aliphatic carbocycles. The van der Waals surface area contributed by atoms with Crippen molar-refractivity contribution in [2.24, 2.45) is 0 Å². The zero-order valence-electron chi connectivity index (χ0n) is 10.8. The molecule has 0 atom stereocenters. The first-order valence-corrected chi connectivity index (χ1v) is 6.07. The molecule has 0 aliphatic rings. The van der Waals surface area contributed by atoms with Crippen molar-refractivity contribution >= 4 is 16.7 Å². The Morgan fingerprint density at radius 2 is 1.89 bits per heavy atom. The molecule has 0 aliphatic heterocycles. The largest absolute Gasteiger partial charge is 0.399 e. The zero-order valence-corrected chi connectivity index (χ0v) is 10.8. The fraction of sp³-hybridized carbons (Fsp3) is 0.133. The molecule has 0 saturated heterocycles. The third-order valence-electron chi connectivity index (χ3n) is 3.25. The Hall–Kier alpha value is -2.36. The van der Waals surface area contributed by atoms with Gasteiger partial charge in [0.15, 0.2) is 0 Å². The minimum absolute atomic E-state index is 0.229. The summed E-state index contributed by atoms with van der Waals surface area (Å²) in [5, 5.41) is 0. The van der Waals surface area contributed by atoms with E-state index in [4.69, 9.17) is 5.73 Å². The fourth-order valence-electron chi connectivity index (χ4n) is 2.39. The number of imidazole rings is 1. The molecule has 3 rings (SSSR count). The van der Waals surface area contributed by atoms with Gasteiger partial charge in [-0.2, -0.15) is 0 Å². The number of halogens is 1. The first-order valence-electron chi connectivity index (χ1n) is 6.07. The first-order chi connectivity index (χ1) is 9.06. The van der Waals surface area contributed by atoms with Crippen molar-refractivity contribution in [2.45, 2.75) is 13.8 Å². The van der Waals surface area contributed by atoms with Crippen molar-refractivity contribution in [3.8, 4) is 5.69 Å². The number of rotatable bonds is 1. The van der Waals surface area contributed by atoms with Gasteiger partial charge in [0, 0.05) is 5.69 Å². The van der Waals surface area contributed by atoms with Crippen molar-refractivity contribution in [1.82, 2.24) is 9.55 Å². The lowest BCUT2D eigenvalue weighted by atomic mass is 10.2. The number of fused-ring (bicyclic) bond motifs is 1. The number of nitrogens with two attached hydrogens (primary N) is 1. The third-order valence-corrected chi connectivity index (χ3v) is 3.25. The highest BCUT2D eigenvalue weighted by atomic mass is 19.1. The molecule has 0 radical (unpaired) electrons. The quantitative estimate of drug-likeness (QED) is 0.677. The topological polar surface area (TPSA) is 43.8 Å². The average molecular weight is 255 g/mol. The molecule has 0 bridgehead atoms. The third kappa shape index (κ3) is 1.85. The highest BCUT2D eigenvalue weighted by Gasteiger charge is 2.11. The fourth-order valence-corrected chi connectivity index (χ4v) is 2.39. The van der Waals surface area contributed by atoms with Gasteiger partial charge >= 0.3 is 0 Å². The van der Waals surface area contributed by atoms with Gasteiger partial charge in [0.1, 0.15) is 11.6 Å². The molecular formula is C15H14FN3. The summed E-state index contributed by atoms with van der Waals surface area (Å²) in [7, 11) is 0. The molecule has 3 aromatic rings. The van der Waals surface area contributed by atoms with Gasteiger partial charge in [-0.15, -0.1) is 0 Å². The Kier molecular flexibility index (Phi) is 2.52. The molecule has 2 N–H and O–H groups in total. The van der Waals surface area contributed by atoms with Gasteiger partial charge in [-0.05, 0) is 55.8 Å². The van der Waals surface area contributed by atoms with Crippen LogP contribution in [0.4, 0.5) is 10.1 Å². The van der Waals surface area contributed by atoms with Crippen molar-refractivity contribution in [3.63, 3.8) is 0 Å². The number of anilines is 1. The normalized spacial score (nSPS) is 11.1. The second-order valence-electron chi connectivity index (χ2n) is 4.67. The summed E-state index contributed by atoms with van der Waals surface area (Å²) in [4.78, 5) is 4.50. The van der Waals surface area contributed by atoms with Gasteiger partial charge in [-0.1, -0.05) is 0 Å². The maximum Gasteiger partial charge on any atom is 0.123 e. The van der Waals surface area contributed by atoms with E-state index in [1.807, 2.05) is 36.6 Å². The number of aromatic nitrogens is 2. The van der Waals surface area contributed by atoms with E-state index < -0.39 is 0 Å². The van der Waals surface area contributed by atoms with Gasteiger partial charge in [-0.3, -0.25) is 4.57 Å². The Balaban J connectivity index is 2.33. The van der Waals surface area contributed by atoms with Gasteiger partial charge in [0.05, 0.1) is 16.7 Å². The van der Waals surface area contributed by atoms with Gasteiger partial charge in [0.2, 0.25) is 0 Å². The molecule has 2 aromatic carbocycles. The number of hydrogen-bond acceptors (Lipinski definition) is 2. The number of hydrogen-bond donors (Lipinski definition) is 1. The SMILES string of the molecule is Cc1cc(F)ccc1-n1c(C)nc2cc(N)ccc21. The molecule has 1 aromatic heterocycles. The standard InChI is InChI=1S/C15H14FN3/c1-9-7-11(16)3-5-14(9)19-10(2)18-13-8-12(17)4-6-15(13)19/h3-8H,17H2,1-2H3. The smallest absolute Gasteiger partial charge is 0.123 e. The molecule has 3 nitrogen and oxygen atoms in total. The maximum absolute atomic E-state index is 13.2. The molecule has 96 valence electrons. The predicted octanol–water partition coefficient (Wildman–Crippen LogP) is 3.36. The van der Waals surface area contributed by atoms with E-state index in [2.05, 4.69) is 4.98 Å². The van der Waals surface area contributed by atoms with Gasteiger partial charge in [0.25, 0.3) is 0 Å². The van der Waals surface area contributed by atoms with Crippen molar-refractivity contribution in [2.75, 3.05) is 5.73 Å². The number of nitrogen functional groups attached to an aromatic ring is 1. The Morgan fingerprint density at radius 3 is 2.63 bits per heavy atom. The van der Waals surface area contributed by atoms with Crippen LogP contribution in [0, 0.1) is 19.7 Å². The minimum atomic E-state index is -0.229. The van der Waals surface area contributed by atoms with E-state index in [1.54, 1.807) is 6.07 Å². The summed E-state index contributed by atoms with van der Waals surface area (Å²) in [6.07, 6.45) is 0. The lowest BCUT2D eigenvalue weighted by Gasteiger charge is -2.10. The molecule has 19 heavy (non-hydrogen) atoms. The summed E-state index contributed by atoms with van der Waals surface area (Å²) >= 11 is 0. The second-order valence-corrected chi connectivity index (χ2v) is 4.67. The lowest BCUT2D eigenvalue weighted by molar-refractivity contribution is 0.626. The van der Waals surface area contributed by atoms with E-state index in [0.717, 1.165) is 28.1 Å². The lowest BCUT2D eigenvalue weighted by Crippen LogP contribution is -2.00. The van der Waals surface area contributed by atoms with Crippen molar-refractivity contribution < 1.29 is 4.39 Å². The van der Waals surface area contributed by atoms with Crippen LogP contribution in [0.5, 0.6) is 0 Å². The first kappa shape index (κ1) is 11.7. The molecule has 0 spiro atoms. The van der Waals surface area contributed by atoms with Crippen LogP contribution in [0.25, 0.3) is 16.7 Å². The van der Waals surface area contributed by atoms with E-state index >= 15 is 0 Å².